The summed E-state index contributed by atoms with van der Waals surface area (Å²) in [5, 5.41) is 0. The molecule has 0 bridgehead atoms. The number of benzene rings is 1. The molecule has 15 heavy (non-hydrogen) atoms. The van der Waals surface area contributed by atoms with Gasteiger partial charge in [0, 0.05) is 10.6 Å². The molecular weight excluding hydrogens is 210 g/mol. The highest BCUT2D eigenvalue weighted by atomic mass is 32.2. The Labute approximate surface area is 93.1 Å². The van der Waals surface area contributed by atoms with Crippen LogP contribution in [0.4, 0.5) is 0 Å². The van der Waals surface area contributed by atoms with E-state index in [4.69, 9.17) is 10.5 Å². The van der Waals surface area contributed by atoms with Crippen molar-refractivity contribution in [3.63, 3.8) is 0 Å². The Balaban J connectivity index is 2.73. The lowest BCUT2D eigenvalue weighted by molar-refractivity contribution is 0.413. The zero-order valence-corrected chi connectivity index (χ0v) is 9.92. The number of hydrogen-bond donors (Lipinski definition) is 1. The average Bonchev–Trinajstić information content (AvgIpc) is 2.28. The first-order valence-electron chi connectivity index (χ1n) is 4.90. The first kappa shape index (κ1) is 12.2. The molecule has 1 rings (SSSR count). The molecule has 1 aromatic carbocycles. The lowest BCUT2D eigenvalue weighted by Crippen LogP contribution is -2.17. The van der Waals surface area contributed by atoms with Crippen LogP contribution in [0.2, 0.25) is 0 Å². The Hall–Kier alpha value is -0.870. The van der Waals surface area contributed by atoms with Gasteiger partial charge in [0.05, 0.1) is 17.9 Å². The molecule has 0 aliphatic rings. The van der Waals surface area contributed by atoms with Crippen LogP contribution in [0, 0.1) is 5.92 Å². The molecule has 0 aromatic heterocycles. The fraction of sp³-hybridized carbons (Fsp3) is 0.455. The first-order valence-corrected chi connectivity index (χ1v) is 6.21. The predicted molar refractivity (Wildman–Crippen MR) is 62.5 cm³/mol. The van der Waals surface area contributed by atoms with E-state index in [1.165, 1.54) is 0 Å². The van der Waals surface area contributed by atoms with E-state index in [-0.39, 0.29) is 5.92 Å². The number of methoxy groups -OCH3 is 1. The van der Waals surface area contributed by atoms with Gasteiger partial charge < -0.3 is 10.5 Å². The fourth-order valence-corrected chi connectivity index (χ4v) is 2.49. The Morgan fingerprint density at radius 2 is 2.27 bits per heavy atom. The van der Waals surface area contributed by atoms with Crippen LogP contribution < -0.4 is 10.5 Å². The van der Waals surface area contributed by atoms with Gasteiger partial charge in [0.25, 0.3) is 0 Å². The molecule has 0 fully saturated rings. The average molecular weight is 227 g/mol. The molecule has 0 saturated carbocycles. The van der Waals surface area contributed by atoms with Crippen molar-refractivity contribution in [2.45, 2.75) is 11.8 Å². The number of nitrogens with two attached hydrogens (primary N) is 1. The molecule has 0 saturated heterocycles. The molecule has 2 atom stereocenters. The van der Waals surface area contributed by atoms with Crippen molar-refractivity contribution in [2.75, 3.05) is 19.4 Å². The maximum Gasteiger partial charge on any atom is 0.120 e. The van der Waals surface area contributed by atoms with Crippen molar-refractivity contribution in [3.05, 3.63) is 24.3 Å². The first-order chi connectivity index (χ1) is 7.17. The van der Waals surface area contributed by atoms with E-state index in [1.807, 2.05) is 25.1 Å². The molecule has 2 unspecified atom stereocenters. The highest BCUT2D eigenvalue weighted by molar-refractivity contribution is 7.85. The van der Waals surface area contributed by atoms with Crippen LogP contribution in [0.1, 0.15) is 6.92 Å². The van der Waals surface area contributed by atoms with Crippen LogP contribution in [-0.2, 0) is 10.8 Å². The summed E-state index contributed by atoms with van der Waals surface area (Å²) < 4.78 is 17.0. The summed E-state index contributed by atoms with van der Waals surface area (Å²) in [4.78, 5) is 0.801. The molecule has 1 aromatic rings. The third kappa shape index (κ3) is 3.64. The molecule has 0 radical (unpaired) electrons. The van der Waals surface area contributed by atoms with Gasteiger partial charge >= 0.3 is 0 Å². The molecule has 0 heterocycles. The van der Waals surface area contributed by atoms with E-state index in [0.717, 1.165) is 10.6 Å². The molecule has 0 amide bonds. The quantitative estimate of drug-likeness (QED) is 0.827. The fourth-order valence-electron chi connectivity index (χ4n) is 1.17. The SMILES string of the molecule is COc1cccc(S(=O)CC(C)CN)c1. The van der Waals surface area contributed by atoms with Crippen LogP contribution >= 0.6 is 0 Å². The van der Waals surface area contributed by atoms with Gasteiger partial charge in [-0.3, -0.25) is 4.21 Å². The summed E-state index contributed by atoms with van der Waals surface area (Å²) >= 11 is 0. The van der Waals surface area contributed by atoms with Crippen LogP contribution in [0.3, 0.4) is 0 Å². The molecule has 0 spiro atoms. The number of ether oxygens (including phenoxy) is 1. The van der Waals surface area contributed by atoms with Gasteiger partial charge in [-0.15, -0.1) is 0 Å². The van der Waals surface area contributed by atoms with Gasteiger partial charge in [0.1, 0.15) is 5.75 Å². The molecule has 3 nitrogen and oxygen atoms in total. The van der Waals surface area contributed by atoms with Crippen molar-refractivity contribution in [1.82, 2.24) is 0 Å². The Bertz CT molecular complexity index is 341. The van der Waals surface area contributed by atoms with E-state index in [9.17, 15) is 4.21 Å². The normalized spacial score (nSPS) is 14.6. The van der Waals surface area contributed by atoms with Crippen LogP contribution in [0.5, 0.6) is 5.75 Å². The van der Waals surface area contributed by atoms with Crippen LogP contribution in [0.25, 0.3) is 0 Å². The zero-order valence-electron chi connectivity index (χ0n) is 9.10. The Morgan fingerprint density at radius 1 is 1.53 bits per heavy atom. The third-order valence-corrected chi connectivity index (χ3v) is 3.79. The highest BCUT2D eigenvalue weighted by Gasteiger charge is 2.09. The van der Waals surface area contributed by atoms with Gasteiger partial charge in [-0.2, -0.15) is 0 Å². The highest BCUT2D eigenvalue weighted by Crippen LogP contribution is 2.16. The predicted octanol–water partition coefficient (Wildman–Crippen LogP) is 1.40. The minimum absolute atomic E-state index is 0.275. The van der Waals surface area contributed by atoms with E-state index in [1.54, 1.807) is 13.2 Å². The smallest absolute Gasteiger partial charge is 0.120 e. The molecule has 2 N–H and O–H groups in total. The van der Waals surface area contributed by atoms with Gasteiger partial charge in [0.15, 0.2) is 0 Å². The maximum atomic E-state index is 11.9. The second-order valence-corrected chi connectivity index (χ2v) is 5.03. The molecule has 0 aliphatic carbocycles. The topological polar surface area (TPSA) is 52.3 Å². The summed E-state index contributed by atoms with van der Waals surface area (Å²) in [6.45, 7) is 2.56. The van der Waals surface area contributed by atoms with E-state index >= 15 is 0 Å². The lowest BCUT2D eigenvalue weighted by Gasteiger charge is -2.08. The molecule has 4 heteroatoms. The van der Waals surface area contributed by atoms with E-state index in [2.05, 4.69) is 0 Å². The van der Waals surface area contributed by atoms with Crippen molar-refractivity contribution in [1.29, 1.82) is 0 Å². The minimum atomic E-state index is -0.985. The largest absolute Gasteiger partial charge is 0.497 e. The Kier molecular flexibility index (Phi) is 4.78. The summed E-state index contributed by atoms with van der Waals surface area (Å²) in [5.41, 5.74) is 5.50. The molecule has 84 valence electrons. The van der Waals surface area contributed by atoms with Gasteiger partial charge in [-0.1, -0.05) is 13.0 Å². The minimum Gasteiger partial charge on any atom is -0.497 e. The van der Waals surface area contributed by atoms with Crippen LogP contribution in [0.15, 0.2) is 29.2 Å². The third-order valence-electron chi connectivity index (χ3n) is 2.14. The lowest BCUT2D eigenvalue weighted by atomic mass is 10.2. The molecule has 0 aliphatic heterocycles. The van der Waals surface area contributed by atoms with Crippen molar-refractivity contribution in [2.24, 2.45) is 11.7 Å². The monoisotopic (exact) mass is 227 g/mol. The van der Waals surface area contributed by atoms with Gasteiger partial charge in [-0.05, 0) is 30.7 Å². The van der Waals surface area contributed by atoms with Crippen molar-refractivity contribution in [3.8, 4) is 5.75 Å². The van der Waals surface area contributed by atoms with Crippen molar-refractivity contribution >= 4 is 10.8 Å². The zero-order chi connectivity index (χ0) is 11.3. The van der Waals surface area contributed by atoms with Crippen molar-refractivity contribution < 1.29 is 8.95 Å². The second-order valence-electron chi connectivity index (χ2n) is 3.53. The van der Waals surface area contributed by atoms with Gasteiger partial charge in [-0.25, -0.2) is 0 Å². The number of rotatable bonds is 5. The summed E-state index contributed by atoms with van der Waals surface area (Å²) in [6, 6.07) is 7.34. The summed E-state index contributed by atoms with van der Waals surface area (Å²) in [6.07, 6.45) is 0. The summed E-state index contributed by atoms with van der Waals surface area (Å²) in [5.74, 6) is 1.61. The van der Waals surface area contributed by atoms with Crippen LogP contribution in [-0.4, -0.2) is 23.6 Å². The van der Waals surface area contributed by atoms with E-state index < -0.39 is 10.8 Å². The van der Waals surface area contributed by atoms with Gasteiger partial charge in [0.2, 0.25) is 0 Å². The maximum absolute atomic E-state index is 11.9. The number of hydrogen-bond acceptors (Lipinski definition) is 3. The standard InChI is InChI=1S/C11H17NO2S/c1-9(7-12)8-15(13)11-5-3-4-10(6-11)14-2/h3-6,9H,7-8,12H2,1-2H3. The van der Waals surface area contributed by atoms with E-state index in [0.29, 0.717) is 12.3 Å². The molecular formula is C11H17NO2S. The Morgan fingerprint density at radius 3 is 2.87 bits per heavy atom. The summed E-state index contributed by atoms with van der Waals surface area (Å²) in [7, 11) is 0.616. The second kappa shape index (κ2) is 5.88.